The van der Waals surface area contributed by atoms with Crippen molar-refractivity contribution in [3.8, 4) is 0 Å². The van der Waals surface area contributed by atoms with Crippen molar-refractivity contribution in [2.24, 2.45) is 0 Å². The molecule has 2 aromatic rings. The molecule has 0 unspecified atom stereocenters. The van der Waals surface area contributed by atoms with Gasteiger partial charge in [0.2, 0.25) is 15.9 Å². The van der Waals surface area contributed by atoms with E-state index in [9.17, 15) is 28.1 Å². The number of nitrogens with zero attached hydrogens (tertiary/aromatic N) is 2. The van der Waals surface area contributed by atoms with E-state index in [4.69, 9.17) is 4.74 Å². The van der Waals surface area contributed by atoms with Crippen molar-refractivity contribution in [2.45, 2.75) is 0 Å². The minimum atomic E-state index is -3.93. The van der Waals surface area contributed by atoms with Crippen LogP contribution in [0.3, 0.4) is 0 Å². The second kappa shape index (κ2) is 10.5. The highest BCUT2D eigenvalue weighted by atomic mass is 32.2. The number of carbonyl (C=O) groups is 2. The summed E-state index contributed by atoms with van der Waals surface area (Å²) < 4.78 is 30.1. The lowest BCUT2D eigenvalue weighted by Gasteiger charge is -2.22. The SMILES string of the molecule is COCCNC(=O)c1ccccc1NC(=O)CN(c1cccc([N+](=O)[O-])c1)S(C)(=O)=O. The van der Waals surface area contributed by atoms with E-state index in [-0.39, 0.29) is 29.2 Å². The highest BCUT2D eigenvalue weighted by Gasteiger charge is 2.23. The summed E-state index contributed by atoms with van der Waals surface area (Å²) in [7, 11) is -2.44. The number of nitrogens with one attached hydrogen (secondary N) is 2. The number of para-hydroxylation sites is 1. The van der Waals surface area contributed by atoms with Crippen molar-refractivity contribution in [1.29, 1.82) is 0 Å². The first kappa shape index (κ1) is 23.8. The lowest BCUT2D eigenvalue weighted by atomic mass is 10.1. The van der Waals surface area contributed by atoms with Gasteiger partial charge in [-0.2, -0.15) is 0 Å². The number of ether oxygens (including phenoxy) is 1. The van der Waals surface area contributed by atoms with Crippen LogP contribution in [0.4, 0.5) is 17.1 Å². The van der Waals surface area contributed by atoms with Crippen LogP contribution in [0.15, 0.2) is 48.5 Å². The van der Waals surface area contributed by atoms with Gasteiger partial charge in [0.15, 0.2) is 0 Å². The van der Waals surface area contributed by atoms with Gasteiger partial charge in [0.25, 0.3) is 11.6 Å². The van der Waals surface area contributed by atoms with E-state index in [1.54, 1.807) is 12.1 Å². The quantitative estimate of drug-likeness (QED) is 0.315. The zero-order valence-electron chi connectivity index (χ0n) is 16.9. The number of carbonyl (C=O) groups excluding carboxylic acids is 2. The zero-order chi connectivity index (χ0) is 23.0. The molecule has 166 valence electrons. The summed E-state index contributed by atoms with van der Waals surface area (Å²) in [6.07, 6.45) is 0.885. The molecule has 0 spiro atoms. The minimum Gasteiger partial charge on any atom is -0.383 e. The van der Waals surface area contributed by atoms with Gasteiger partial charge >= 0.3 is 0 Å². The Morgan fingerprint density at radius 3 is 2.52 bits per heavy atom. The van der Waals surface area contributed by atoms with Gasteiger partial charge in [0, 0.05) is 25.8 Å². The van der Waals surface area contributed by atoms with Crippen LogP contribution in [0.5, 0.6) is 0 Å². The number of sulfonamides is 1. The number of nitro benzene ring substituents is 1. The summed E-state index contributed by atoms with van der Waals surface area (Å²) in [6.45, 7) is -0.0569. The molecule has 11 nitrogen and oxygen atoms in total. The molecule has 0 aromatic heterocycles. The van der Waals surface area contributed by atoms with Gasteiger partial charge in [-0.15, -0.1) is 0 Å². The first-order valence-corrected chi connectivity index (χ1v) is 10.9. The summed E-state index contributed by atoms with van der Waals surface area (Å²) >= 11 is 0. The van der Waals surface area contributed by atoms with Crippen LogP contribution >= 0.6 is 0 Å². The Labute approximate surface area is 179 Å². The Kier molecular flexibility index (Phi) is 8.05. The van der Waals surface area contributed by atoms with E-state index in [2.05, 4.69) is 10.6 Å². The first-order chi connectivity index (χ1) is 14.6. The number of anilines is 2. The molecule has 2 N–H and O–H groups in total. The number of nitro groups is 1. The van der Waals surface area contributed by atoms with Crippen molar-refractivity contribution in [2.75, 3.05) is 42.7 Å². The molecule has 2 amide bonds. The largest absolute Gasteiger partial charge is 0.383 e. The predicted octanol–water partition coefficient (Wildman–Crippen LogP) is 1.38. The third-order valence-electron chi connectivity index (χ3n) is 4.05. The minimum absolute atomic E-state index is 0.0301. The van der Waals surface area contributed by atoms with Gasteiger partial charge in [0.1, 0.15) is 6.54 Å². The first-order valence-electron chi connectivity index (χ1n) is 9.01. The third-order valence-corrected chi connectivity index (χ3v) is 5.19. The molecular formula is C19H22N4O7S. The smallest absolute Gasteiger partial charge is 0.271 e. The monoisotopic (exact) mass is 450 g/mol. The van der Waals surface area contributed by atoms with E-state index >= 15 is 0 Å². The van der Waals surface area contributed by atoms with E-state index in [1.807, 2.05) is 0 Å². The van der Waals surface area contributed by atoms with Crippen molar-refractivity contribution in [1.82, 2.24) is 5.32 Å². The number of amides is 2. The van der Waals surface area contributed by atoms with Crippen LogP contribution in [0.1, 0.15) is 10.4 Å². The highest BCUT2D eigenvalue weighted by Crippen LogP contribution is 2.23. The fraction of sp³-hybridized carbons (Fsp3) is 0.263. The fourth-order valence-electron chi connectivity index (χ4n) is 2.63. The molecule has 0 radical (unpaired) electrons. The maximum Gasteiger partial charge on any atom is 0.271 e. The Balaban J connectivity index is 2.22. The lowest BCUT2D eigenvalue weighted by Crippen LogP contribution is -2.38. The molecule has 0 aliphatic rings. The molecule has 0 bridgehead atoms. The van der Waals surface area contributed by atoms with Crippen LogP contribution in [-0.2, 0) is 19.6 Å². The van der Waals surface area contributed by atoms with Crippen LogP contribution in [-0.4, -0.2) is 58.2 Å². The third kappa shape index (κ3) is 6.76. The van der Waals surface area contributed by atoms with Crippen LogP contribution in [0.25, 0.3) is 0 Å². The summed E-state index contributed by atoms with van der Waals surface area (Å²) in [6, 6.07) is 11.2. The molecule has 0 saturated heterocycles. The molecule has 31 heavy (non-hydrogen) atoms. The molecule has 2 rings (SSSR count). The molecule has 2 aromatic carbocycles. The second-order valence-electron chi connectivity index (χ2n) is 6.39. The predicted molar refractivity (Wildman–Crippen MR) is 115 cm³/mol. The van der Waals surface area contributed by atoms with Crippen molar-refractivity contribution in [3.63, 3.8) is 0 Å². The van der Waals surface area contributed by atoms with Gasteiger partial charge in [-0.1, -0.05) is 18.2 Å². The summed E-state index contributed by atoms with van der Waals surface area (Å²) in [5.74, 6) is -1.17. The number of benzene rings is 2. The maximum absolute atomic E-state index is 12.6. The van der Waals surface area contributed by atoms with Gasteiger partial charge < -0.3 is 15.4 Å². The molecule has 12 heteroatoms. The fourth-order valence-corrected chi connectivity index (χ4v) is 3.48. The topological polar surface area (TPSA) is 148 Å². The van der Waals surface area contributed by atoms with Gasteiger partial charge in [-0.25, -0.2) is 8.42 Å². The Morgan fingerprint density at radius 2 is 1.87 bits per heavy atom. The van der Waals surface area contributed by atoms with E-state index < -0.39 is 33.3 Å². The van der Waals surface area contributed by atoms with E-state index in [0.717, 1.165) is 16.6 Å². The highest BCUT2D eigenvalue weighted by molar-refractivity contribution is 7.92. The lowest BCUT2D eigenvalue weighted by molar-refractivity contribution is -0.384. The second-order valence-corrected chi connectivity index (χ2v) is 8.30. The van der Waals surface area contributed by atoms with Gasteiger partial charge in [-0.05, 0) is 18.2 Å². The Hall–Kier alpha value is -3.51. The summed E-state index contributed by atoms with van der Waals surface area (Å²) in [5.41, 5.74) is 0.0326. The molecule has 0 aliphatic heterocycles. The number of hydrogen-bond acceptors (Lipinski definition) is 7. The number of hydrogen-bond donors (Lipinski definition) is 2. The van der Waals surface area contributed by atoms with Crippen molar-refractivity contribution in [3.05, 3.63) is 64.2 Å². The van der Waals surface area contributed by atoms with E-state index in [1.165, 1.54) is 37.4 Å². The average molecular weight is 450 g/mol. The molecular weight excluding hydrogens is 428 g/mol. The van der Waals surface area contributed by atoms with Crippen LogP contribution < -0.4 is 14.9 Å². The zero-order valence-corrected chi connectivity index (χ0v) is 17.7. The number of non-ortho nitro benzene ring substituents is 1. The number of rotatable bonds is 10. The average Bonchev–Trinajstić information content (AvgIpc) is 2.71. The Morgan fingerprint density at radius 1 is 1.16 bits per heavy atom. The van der Waals surface area contributed by atoms with Gasteiger partial charge in [0.05, 0.1) is 34.7 Å². The van der Waals surface area contributed by atoms with Crippen LogP contribution in [0, 0.1) is 10.1 Å². The van der Waals surface area contributed by atoms with Crippen molar-refractivity contribution >= 4 is 38.9 Å². The summed E-state index contributed by atoms with van der Waals surface area (Å²) in [5, 5.41) is 16.2. The van der Waals surface area contributed by atoms with Crippen molar-refractivity contribution < 1.29 is 27.7 Å². The molecule has 0 heterocycles. The molecule has 0 atom stereocenters. The van der Waals surface area contributed by atoms with Crippen LogP contribution in [0.2, 0.25) is 0 Å². The maximum atomic E-state index is 12.6. The van der Waals surface area contributed by atoms with E-state index in [0.29, 0.717) is 6.61 Å². The molecule has 0 aliphatic carbocycles. The van der Waals surface area contributed by atoms with Gasteiger partial charge in [-0.3, -0.25) is 24.0 Å². The standard InChI is InChI=1S/C19H22N4O7S/c1-30-11-10-20-19(25)16-8-3-4-9-17(16)21-18(24)13-22(31(2,28)29)14-6-5-7-15(12-14)23(26)27/h3-9,12H,10-11,13H2,1-2H3,(H,20,25)(H,21,24). The molecule has 0 fully saturated rings. The summed E-state index contributed by atoms with van der Waals surface area (Å²) in [4.78, 5) is 35.3. The number of methoxy groups -OCH3 is 1. The molecule has 0 saturated carbocycles. The normalized spacial score (nSPS) is 10.9. The Bertz CT molecular complexity index is 1070.